The van der Waals surface area contributed by atoms with Gasteiger partial charge in [-0.15, -0.1) is 0 Å². The van der Waals surface area contributed by atoms with Gasteiger partial charge in [0.25, 0.3) is 0 Å². The SMILES string of the molecule is CCCC1(CCC)C(=O)N(C(C)(C)C)CC(C)(C)N1O. The van der Waals surface area contributed by atoms with Gasteiger partial charge in [0.1, 0.15) is 5.54 Å². The predicted octanol–water partition coefficient (Wildman–Crippen LogP) is 3.44. The highest BCUT2D eigenvalue weighted by Crippen LogP contribution is 2.40. The normalized spacial score (nSPS) is 23.2. The molecule has 1 amide bonds. The molecule has 1 aliphatic rings. The number of rotatable bonds is 4. The van der Waals surface area contributed by atoms with Crippen LogP contribution >= 0.6 is 0 Å². The standard InChI is InChI=1S/C16H32N2O2/c1-8-10-16(11-9-2)13(19)17(14(3,4)5)12-15(6,7)18(16)20/h20H,8-12H2,1-7H3. The smallest absolute Gasteiger partial charge is 0.245 e. The van der Waals surface area contributed by atoms with Crippen LogP contribution in [0.4, 0.5) is 0 Å². The van der Waals surface area contributed by atoms with E-state index in [0.29, 0.717) is 19.4 Å². The number of carbonyl (C=O) groups excluding carboxylic acids is 1. The fourth-order valence-electron chi connectivity index (χ4n) is 3.37. The maximum Gasteiger partial charge on any atom is 0.245 e. The van der Waals surface area contributed by atoms with Gasteiger partial charge >= 0.3 is 0 Å². The summed E-state index contributed by atoms with van der Waals surface area (Å²) in [6.07, 6.45) is 3.17. The van der Waals surface area contributed by atoms with Crippen LogP contribution in [0.3, 0.4) is 0 Å². The molecule has 1 saturated heterocycles. The maximum absolute atomic E-state index is 13.1. The molecule has 0 bridgehead atoms. The quantitative estimate of drug-likeness (QED) is 0.860. The first-order chi connectivity index (χ1) is 9.03. The van der Waals surface area contributed by atoms with Crippen LogP contribution in [0.15, 0.2) is 0 Å². The molecule has 118 valence electrons. The van der Waals surface area contributed by atoms with Crippen molar-refractivity contribution in [3.8, 4) is 0 Å². The Morgan fingerprint density at radius 3 is 1.95 bits per heavy atom. The summed E-state index contributed by atoms with van der Waals surface area (Å²) in [7, 11) is 0. The van der Waals surface area contributed by atoms with Gasteiger partial charge in [-0.05, 0) is 47.5 Å². The minimum Gasteiger partial charge on any atom is -0.334 e. The Hall–Kier alpha value is -0.610. The van der Waals surface area contributed by atoms with Gasteiger partial charge in [0.05, 0.1) is 5.54 Å². The van der Waals surface area contributed by atoms with Gasteiger partial charge in [0.2, 0.25) is 5.91 Å². The molecule has 1 fully saturated rings. The number of nitrogens with zero attached hydrogens (tertiary/aromatic N) is 2. The van der Waals surface area contributed by atoms with Crippen molar-refractivity contribution in [2.75, 3.05) is 6.54 Å². The van der Waals surface area contributed by atoms with Crippen molar-refractivity contribution in [2.24, 2.45) is 0 Å². The molecule has 0 unspecified atom stereocenters. The molecule has 4 heteroatoms. The van der Waals surface area contributed by atoms with Gasteiger partial charge in [0, 0.05) is 12.1 Å². The van der Waals surface area contributed by atoms with Crippen LogP contribution in [0.2, 0.25) is 0 Å². The third-order valence-electron chi connectivity index (χ3n) is 4.30. The molecule has 0 aromatic rings. The van der Waals surface area contributed by atoms with Gasteiger partial charge in [-0.25, -0.2) is 0 Å². The molecule has 1 rings (SSSR count). The highest BCUT2D eigenvalue weighted by molar-refractivity contribution is 5.88. The van der Waals surface area contributed by atoms with Gasteiger partial charge < -0.3 is 10.1 Å². The van der Waals surface area contributed by atoms with Crippen molar-refractivity contribution in [3.05, 3.63) is 0 Å². The second-order valence-electron chi connectivity index (χ2n) is 7.72. The van der Waals surface area contributed by atoms with E-state index in [9.17, 15) is 10.0 Å². The van der Waals surface area contributed by atoms with E-state index in [0.717, 1.165) is 12.8 Å². The molecule has 0 aromatic carbocycles. The van der Waals surface area contributed by atoms with Crippen molar-refractivity contribution in [3.63, 3.8) is 0 Å². The highest BCUT2D eigenvalue weighted by Gasteiger charge is 2.56. The number of carbonyl (C=O) groups is 1. The minimum absolute atomic E-state index is 0.0792. The average Bonchev–Trinajstić information content (AvgIpc) is 2.31. The predicted molar refractivity (Wildman–Crippen MR) is 81.7 cm³/mol. The first-order valence-corrected chi connectivity index (χ1v) is 7.84. The van der Waals surface area contributed by atoms with Gasteiger partial charge in [-0.1, -0.05) is 26.7 Å². The summed E-state index contributed by atoms with van der Waals surface area (Å²) in [5, 5.41) is 12.1. The molecule has 0 aliphatic carbocycles. The summed E-state index contributed by atoms with van der Waals surface area (Å²) in [6, 6.07) is 0. The maximum atomic E-state index is 13.1. The summed E-state index contributed by atoms with van der Waals surface area (Å²) in [4.78, 5) is 15.0. The Balaban J connectivity index is 3.32. The van der Waals surface area contributed by atoms with E-state index in [-0.39, 0.29) is 11.4 Å². The van der Waals surface area contributed by atoms with Gasteiger partial charge in [-0.2, -0.15) is 5.06 Å². The van der Waals surface area contributed by atoms with Crippen molar-refractivity contribution in [2.45, 2.75) is 90.8 Å². The van der Waals surface area contributed by atoms with Crippen LogP contribution in [-0.2, 0) is 4.79 Å². The lowest BCUT2D eigenvalue weighted by atomic mass is 9.78. The fraction of sp³-hybridized carbons (Fsp3) is 0.938. The van der Waals surface area contributed by atoms with Crippen LogP contribution in [0.25, 0.3) is 0 Å². The first-order valence-electron chi connectivity index (χ1n) is 7.84. The van der Waals surface area contributed by atoms with Crippen LogP contribution in [0.5, 0.6) is 0 Å². The number of amides is 1. The van der Waals surface area contributed by atoms with E-state index in [1.807, 2.05) is 18.7 Å². The molecular weight excluding hydrogens is 252 g/mol. The zero-order valence-corrected chi connectivity index (χ0v) is 14.3. The molecule has 0 aromatic heterocycles. The second kappa shape index (κ2) is 5.64. The molecule has 1 N–H and O–H groups in total. The van der Waals surface area contributed by atoms with Crippen LogP contribution in [0.1, 0.15) is 74.1 Å². The molecule has 0 saturated carbocycles. The number of piperazine rings is 1. The summed E-state index contributed by atoms with van der Waals surface area (Å²) >= 11 is 0. The van der Waals surface area contributed by atoms with Crippen LogP contribution in [0, 0.1) is 0 Å². The lowest BCUT2D eigenvalue weighted by molar-refractivity contribution is -0.263. The van der Waals surface area contributed by atoms with E-state index < -0.39 is 11.1 Å². The second-order valence-corrected chi connectivity index (χ2v) is 7.72. The van der Waals surface area contributed by atoms with E-state index in [4.69, 9.17) is 0 Å². The lowest BCUT2D eigenvalue weighted by Gasteiger charge is -2.57. The van der Waals surface area contributed by atoms with Crippen LogP contribution < -0.4 is 0 Å². The highest BCUT2D eigenvalue weighted by atomic mass is 16.5. The fourth-order valence-corrected chi connectivity index (χ4v) is 3.37. The zero-order chi connectivity index (χ0) is 15.8. The zero-order valence-electron chi connectivity index (χ0n) is 14.3. The van der Waals surface area contributed by atoms with E-state index in [1.54, 1.807) is 0 Å². The summed E-state index contributed by atoms with van der Waals surface area (Å²) < 4.78 is 0. The Morgan fingerprint density at radius 2 is 1.60 bits per heavy atom. The molecular formula is C16H32N2O2. The third kappa shape index (κ3) is 2.86. The number of hydrogen-bond acceptors (Lipinski definition) is 3. The summed E-state index contributed by atoms with van der Waals surface area (Å²) in [6.45, 7) is 14.9. The van der Waals surface area contributed by atoms with Gasteiger partial charge in [-0.3, -0.25) is 4.79 Å². The summed E-state index contributed by atoms with van der Waals surface area (Å²) in [5.74, 6) is 0.0792. The average molecular weight is 284 g/mol. The Labute approximate surface area is 124 Å². The molecule has 0 atom stereocenters. The molecule has 0 spiro atoms. The van der Waals surface area contributed by atoms with Crippen molar-refractivity contribution < 1.29 is 10.0 Å². The monoisotopic (exact) mass is 284 g/mol. The molecule has 1 heterocycles. The Kier molecular flexibility index (Phi) is 4.92. The minimum atomic E-state index is -0.765. The molecule has 4 nitrogen and oxygen atoms in total. The van der Waals surface area contributed by atoms with E-state index in [1.165, 1.54) is 5.06 Å². The van der Waals surface area contributed by atoms with Crippen molar-refractivity contribution in [1.29, 1.82) is 0 Å². The molecule has 20 heavy (non-hydrogen) atoms. The van der Waals surface area contributed by atoms with Gasteiger partial charge in [0.15, 0.2) is 0 Å². The number of hydroxylamine groups is 2. The van der Waals surface area contributed by atoms with Crippen molar-refractivity contribution in [1.82, 2.24) is 9.96 Å². The third-order valence-corrected chi connectivity index (χ3v) is 4.30. The molecule has 1 aliphatic heterocycles. The Bertz CT molecular complexity index is 352. The number of hydrogen-bond donors (Lipinski definition) is 1. The first kappa shape index (κ1) is 17.4. The van der Waals surface area contributed by atoms with E-state index >= 15 is 0 Å². The topological polar surface area (TPSA) is 43.8 Å². The lowest BCUT2D eigenvalue weighted by Crippen LogP contribution is -2.74. The van der Waals surface area contributed by atoms with Crippen LogP contribution in [-0.4, -0.2) is 44.2 Å². The summed E-state index contributed by atoms with van der Waals surface area (Å²) in [5.41, 5.74) is -1.41. The van der Waals surface area contributed by atoms with Crippen molar-refractivity contribution >= 4 is 5.91 Å². The largest absolute Gasteiger partial charge is 0.334 e. The van der Waals surface area contributed by atoms with E-state index in [2.05, 4.69) is 34.6 Å². The Morgan fingerprint density at radius 1 is 1.15 bits per heavy atom. The molecule has 0 radical (unpaired) electrons.